The average molecular weight is 243 g/mol. The number of aromatic nitrogens is 1. The number of anilines is 1. The van der Waals surface area contributed by atoms with Crippen LogP contribution in [-0.4, -0.2) is 24.6 Å². The van der Waals surface area contributed by atoms with Gasteiger partial charge in [-0.15, -0.1) is 0 Å². The Labute approximate surface area is 105 Å². The first-order valence-corrected chi connectivity index (χ1v) is 6.35. The molecule has 1 aliphatic rings. The highest BCUT2D eigenvalue weighted by atomic mass is 16.1. The van der Waals surface area contributed by atoms with Crippen molar-refractivity contribution in [3.8, 4) is 0 Å². The van der Waals surface area contributed by atoms with E-state index in [9.17, 15) is 4.79 Å². The van der Waals surface area contributed by atoms with Gasteiger partial charge in [-0.05, 0) is 36.4 Å². The molecule has 3 rings (SSSR count). The Kier molecular flexibility index (Phi) is 2.80. The summed E-state index contributed by atoms with van der Waals surface area (Å²) in [5, 5.41) is 1.74. The summed E-state index contributed by atoms with van der Waals surface area (Å²) in [5.74, 6) is 1.45. The molecule has 1 aliphatic heterocycles. The molecular formula is C14H17N3O. The van der Waals surface area contributed by atoms with Gasteiger partial charge < -0.3 is 15.6 Å². The standard InChI is InChI=1S/C14H17N3O/c15-8-10-5-6-17(9-10)13-7-11-3-1-2-4-12(11)14(18)16-13/h1-4,7,10H,5-6,8-9,15H2,(H,16,18). The van der Waals surface area contributed by atoms with E-state index in [0.717, 1.165) is 36.1 Å². The molecule has 1 atom stereocenters. The molecule has 2 heterocycles. The Morgan fingerprint density at radius 1 is 1.39 bits per heavy atom. The zero-order valence-corrected chi connectivity index (χ0v) is 10.2. The van der Waals surface area contributed by atoms with Crippen molar-refractivity contribution >= 4 is 16.6 Å². The van der Waals surface area contributed by atoms with Gasteiger partial charge in [-0.3, -0.25) is 4.79 Å². The SMILES string of the molecule is NCC1CCN(c2cc3ccccc3c(=O)[nH]2)C1. The van der Waals surface area contributed by atoms with Gasteiger partial charge in [0.1, 0.15) is 5.82 Å². The molecule has 1 aromatic heterocycles. The zero-order valence-electron chi connectivity index (χ0n) is 10.2. The van der Waals surface area contributed by atoms with E-state index in [1.165, 1.54) is 0 Å². The van der Waals surface area contributed by atoms with Gasteiger partial charge in [-0.25, -0.2) is 0 Å². The highest BCUT2D eigenvalue weighted by molar-refractivity contribution is 5.83. The first-order chi connectivity index (χ1) is 8.78. The van der Waals surface area contributed by atoms with Gasteiger partial charge in [-0.1, -0.05) is 18.2 Å². The maximum absolute atomic E-state index is 12.0. The molecule has 0 spiro atoms. The van der Waals surface area contributed by atoms with Gasteiger partial charge in [0, 0.05) is 18.5 Å². The number of nitrogens with one attached hydrogen (secondary N) is 1. The number of rotatable bonds is 2. The van der Waals surface area contributed by atoms with Crippen molar-refractivity contribution in [2.24, 2.45) is 11.7 Å². The lowest BCUT2D eigenvalue weighted by Gasteiger charge is -2.18. The minimum Gasteiger partial charge on any atom is -0.358 e. The number of pyridine rings is 1. The summed E-state index contributed by atoms with van der Waals surface area (Å²) in [6, 6.07) is 9.72. The Hall–Kier alpha value is -1.81. The van der Waals surface area contributed by atoms with Crippen molar-refractivity contribution in [2.45, 2.75) is 6.42 Å². The molecule has 4 heteroatoms. The van der Waals surface area contributed by atoms with E-state index < -0.39 is 0 Å². The molecule has 1 aromatic carbocycles. The maximum Gasteiger partial charge on any atom is 0.257 e. The third kappa shape index (κ3) is 1.88. The number of benzene rings is 1. The predicted molar refractivity (Wildman–Crippen MR) is 73.9 cm³/mol. The zero-order chi connectivity index (χ0) is 12.5. The largest absolute Gasteiger partial charge is 0.358 e. The molecule has 0 radical (unpaired) electrons. The van der Waals surface area contributed by atoms with Crippen molar-refractivity contribution in [2.75, 3.05) is 24.5 Å². The van der Waals surface area contributed by atoms with Gasteiger partial charge >= 0.3 is 0 Å². The van der Waals surface area contributed by atoms with Crippen LogP contribution in [0.3, 0.4) is 0 Å². The Bertz CT molecular complexity index is 620. The average Bonchev–Trinajstić information content (AvgIpc) is 2.87. The second-order valence-corrected chi connectivity index (χ2v) is 4.91. The molecule has 4 nitrogen and oxygen atoms in total. The number of H-pyrrole nitrogens is 1. The molecule has 18 heavy (non-hydrogen) atoms. The van der Waals surface area contributed by atoms with Crippen molar-refractivity contribution < 1.29 is 0 Å². The molecular weight excluding hydrogens is 226 g/mol. The second kappa shape index (κ2) is 4.46. The number of hydrogen-bond donors (Lipinski definition) is 2. The summed E-state index contributed by atoms with van der Waals surface area (Å²) in [6.45, 7) is 2.62. The number of nitrogens with zero attached hydrogens (tertiary/aromatic N) is 1. The first kappa shape index (κ1) is 11.3. The van der Waals surface area contributed by atoms with Crippen molar-refractivity contribution in [1.82, 2.24) is 4.98 Å². The van der Waals surface area contributed by atoms with Gasteiger partial charge in [0.2, 0.25) is 0 Å². The third-order valence-electron chi connectivity index (χ3n) is 3.70. The summed E-state index contributed by atoms with van der Waals surface area (Å²) in [4.78, 5) is 17.2. The van der Waals surface area contributed by atoms with E-state index >= 15 is 0 Å². The molecule has 1 unspecified atom stereocenters. The van der Waals surface area contributed by atoms with Crippen LogP contribution in [0.5, 0.6) is 0 Å². The lowest BCUT2D eigenvalue weighted by atomic mass is 10.1. The molecule has 1 saturated heterocycles. The Morgan fingerprint density at radius 2 is 2.22 bits per heavy atom. The maximum atomic E-state index is 12.0. The minimum atomic E-state index is -0.0145. The van der Waals surface area contributed by atoms with Crippen molar-refractivity contribution in [3.05, 3.63) is 40.7 Å². The first-order valence-electron chi connectivity index (χ1n) is 6.35. The van der Waals surface area contributed by atoms with Crippen LogP contribution in [0.2, 0.25) is 0 Å². The van der Waals surface area contributed by atoms with Crippen molar-refractivity contribution in [1.29, 1.82) is 0 Å². The monoisotopic (exact) mass is 243 g/mol. The van der Waals surface area contributed by atoms with Gasteiger partial charge in [0.05, 0.1) is 0 Å². The van der Waals surface area contributed by atoms with Crippen LogP contribution >= 0.6 is 0 Å². The van der Waals surface area contributed by atoms with Crippen LogP contribution < -0.4 is 16.2 Å². The predicted octanol–water partition coefficient (Wildman–Crippen LogP) is 1.31. The second-order valence-electron chi connectivity index (χ2n) is 4.91. The number of nitrogens with two attached hydrogens (primary N) is 1. The summed E-state index contributed by atoms with van der Waals surface area (Å²) in [7, 11) is 0. The van der Waals surface area contributed by atoms with E-state index in [2.05, 4.69) is 16.0 Å². The quantitative estimate of drug-likeness (QED) is 0.836. The Balaban J connectivity index is 2.01. The fraction of sp³-hybridized carbons (Fsp3) is 0.357. The molecule has 1 fully saturated rings. The van der Waals surface area contributed by atoms with Crippen LogP contribution in [-0.2, 0) is 0 Å². The minimum absolute atomic E-state index is 0.0145. The fourth-order valence-corrected chi connectivity index (χ4v) is 2.61. The number of fused-ring (bicyclic) bond motifs is 1. The lowest BCUT2D eigenvalue weighted by molar-refractivity contribution is 0.602. The molecule has 2 aromatic rings. The van der Waals surface area contributed by atoms with Crippen LogP contribution in [0.25, 0.3) is 10.8 Å². The van der Waals surface area contributed by atoms with Crippen molar-refractivity contribution in [3.63, 3.8) is 0 Å². The van der Waals surface area contributed by atoms with Crippen LogP contribution in [0, 0.1) is 5.92 Å². The summed E-state index contributed by atoms with van der Waals surface area (Å²) >= 11 is 0. The van der Waals surface area contributed by atoms with Gasteiger partial charge in [-0.2, -0.15) is 0 Å². The molecule has 3 N–H and O–H groups in total. The van der Waals surface area contributed by atoms with E-state index in [0.29, 0.717) is 12.5 Å². The van der Waals surface area contributed by atoms with E-state index in [1.54, 1.807) is 0 Å². The van der Waals surface area contributed by atoms with Crippen LogP contribution in [0.4, 0.5) is 5.82 Å². The van der Waals surface area contributed by atoms with E-state index in [-0.39, 0.29) is 5.56 Å². The fourth-order valence-electron chi connectivity index (χ4n) is 2.61. The highest BCUT2D eigenvalue weighted by Crippen LogP contribution is 2.22. The van der Waals surface area contributed by atoms with Crippen LogP contribution in [0.1, 0.15) is 6.42 Å². The summed E-state index contributed by atoms with van der Waals surface area (Å²) in [5.41, 5.74) is 5.68. The van der Waals surface area contributed by atoms with Gasteiger partial charge in [0.25, 0.3) is 5.56 Å². The molecule has 0 bridgehead atoms. The lowest BCUT2D eigenvalue weighted by Crippen LogP contribution is -2.25. The smallest absolute Gasteiger partial charge is 0.257 e. The Morgan fingerprint density at radius 3 is 3.00 bits per heavy atom. The van der Waals surface area contributed by atoms with E-state index in [4.69, 9.17) is 5.73 Å². The molecule has 0 amide bonds. The number of hydrogen-bond acceptors (Lipinski definition) is 3. The topological polar surface area (TPSA) is 62.1 Å². The third-order valence-corrected chi connectivity index (χ3v) is 3.70. The molecule has 0 saturated carbocycles. The van der Waals surface area contributed by atoms with Crippen LogP contribution in [0.15, 0.2) is 35.1 Å². The highest BCUT2D eigenvalue weighted by Gasteiger charge is 2.22. The molecule has 94 valence electrons. The summed E-state index contributed by atoms with van der Waals surface area (Å²) in [6.07, 6.45) is 1.10. The summed E-state index contributed by atoms with van der Waals surface area (Å²) < 4.78 is 0. The number of aromatic amines is 1. The molecule has 0 aliphatic carbocycles. The van der Waals surface area contributed by atoms with Gasteiger partial charge in [0.15, 0.2) is 0 Å². The normalized spacial score (nSPS) is 19.6. The van der Waals surface area contributed by atoms with E-state index in [1.807, 2.05) is 24.3 Å².